The van der Waals surface area contributed by atoms with E-state index in [4.69, 9.17) is 10.6 Å². The van der Waals surface area contributed by atoms with Crippen LogP contribution in [0.3, 0.4) is 0 Å². The SMILES string of the molecule is N=C1SCC(=NO)S1. The smallest absolute Gasteiger partial charge is 0.129 e. The molecule has 1 heterocycles. The van der Waals surface area contributed by atoms with E-state index in [2.05, 4.69) is 5.16 Å². The first kappa shape index (κ1) is 5.97. The lowest BCUT2D eigenvalue weighted by molar-refractivity contribution is 0.320. The summed E-state index contributed by atoms with van der Waals surface area (Å²) in [7, 11) is 0. The summed E-state index contributed by atoms with van der Waals surface area (Å²) in [6.45, 7) is 0. The number of nitrogens with one attached hydrogen (secondary N) is 1. The van der Waals surface area contributed by atoms with Gasteiger partial charge in [-0.05, 0) is 11.8 Å². The van der Waals surface area contributed by atoms with Crippen molar-refractivity contribution < 1.29 is 5.21 Å². The molecule has 1 fully saturated rings. The molecule has 0 unspecified atom stereocenters. The van der Waals surface area contributed by atoms with Crippen molar-refractivity contribution in [1.82, 2.24) is 0 Å². The molecule has 0 amide bonds. The minimum atomic E-state index is 0.512. The van der Waals surface area contributed by atoms with Crippen molar-refractivity contribution in [2.24, 2.45) is 5.16 Å². The van der Waals surface area contributed by atoms with Crippen molar-refractivity contribution >= 4 is 32.9 Å². The van der Waals surface area contributed by atoms with Gasteiger partial charge in [0.15, 0.2) is 0 Å². The third kappa shape index (κ3) is 1.16. The molecule has 0 aliphatic carbocycles. The number of hydrogen-bond donors (Lipinski definition) is 2. The maximum absolute atomic E-state index is 8.14. The average Bonchev–Trinajstić information content (AvgIpc) is 2.14. The van der Waals surface area contributed by atoms with Gasteiger partial charge in [-0.15, -0.1) is 0 Å². The number of rotatable bonds is 0. The van der Waals surface area contributed by atoms with Crippen LogP contribution in [0.4, 0.5) is 0 Å². The van der Waals surface area contributed by atoms with Gasteiger partial charge in [-0.3, -0.25) is 5.41 Å². The molecule has 1 aliphatic heterocycles. The van der Waals surface area contributed by atoms with Crippen LogP contribution in [0.25, 0.3) is 0 Å². The van der Waals surface area contributed by atoms with Crippen molar-refractivity contribution in [3.8, 4) is 0 Å². The second kappa shape index (κ2) is 2.41. The van der Waals surface area contributed by atoms with Crippen LogP contribution in [-0.2, 0) is 0 Å². The van der Waals surface area contributed by atoms with Crippen LogP contribution in [0.2, 0.25) is 0 Å². The fraction of sp³-hybridized carbons (Fsp3) is 0.333. The highest BCUT2D eigenvalue weighted by Gasteiger charge is 2.15. The summed E-state index contributed by atoms with van der Waals surface area (Å²) in [5.74, 6) is 0.653. The Kier molecular flexibility index (Phi) is 1.80. The van der Waals surface area contributed by atoms with Gasteiger partial charge in [0.1, 0.15) is 9.42 Å². The van der Waals surface area contributed by atoms with E-state index in [-0.39, 0.29) is 0 Å². The Labute approximate surface area is 55.0 Å². The molecule has 8 heavy (non-hydrogen) atoms. The van der Waals surface area contributed by atoms with Gasteiger partial charge in [0.05, 0.1) is 5.75 Å². The van der Waals surface area contributed by atoms with Crippen molar-refractivity contribution in [3.63, 3.8) is 0 Å². The molecule has 0 aromatic carbocycles. The Morgan fingerprint density at radius 1 is 1.75 bits per heavy atom. The minimum Gasteiger partial charge on any atom is -0.410 e. The molecule has 0 aromatic heterocycles. The second-order valence-electron chi connectivity index (χ2n) is 1.17. The molecule has 3 nitrogen and oxygen atoms in total. The van der Waals surface area contributed by atoms with Gasteiger partial charge in [-0.1, -0.05) is 16.9 Å². The van der Waals surface area contributed by atoms with Crippen LogP contribution in [0, 0.1) is 5.41 Å². The van der Waals surface area contributed by atoms with Gasteiger partial charge < -0.3 is 5.21 Å². The fourth-order valence-corrected chi connectivity index (χ4v) is 2.02. The van der Waals surface area contributed by atoms with Crippen LogP contribution in [-0.4, -0.2) is 20.4 Å². The van der Waals surface area contributed by atoms with E-state index in [0.29, 0.717) is 15.2 Å². The highest BCUT2D eigenvalue weighted by atomic mass is 32.2. The highest BCUT2D eigenvalue weighted by molar-refractivity contribution is 8.49. The molecule has 0 aromatic rings. The lowest BCUT2D eigenvalue weighted by Gasteiger charge is -1.80. The van der Waals surface area contributed by atoms with E-state index in [9.17, 15) is 0 Å². The zero-order valence-electron chi connectivity index (χ0n) is 3.92. The van der Waals surface area contributed by atoms with E-state index in [1.165, 1.54) is 23.5 Å². The van der Waals surface area contributed by atoms with E-state index >= 15 is 0 Å². The Hall–Kier alpha value is -0.160. The van der Waals surface area contributed by atoms with Crippen LogP contribution in [0.1, 0.15) is 0 Å². The molecule has 1 saturated heterocycles. The fourth-order valence-electron chi connectivity index (χ4n) is 0.342. The van der Waals surface area contributed by atoms with Gasteiger partial charge in [-0.2, -0.15) is 0 Å². The summed E-state index contributed by atoms with van der Waals surface area (Å²) in [5.41, 5.74) is 0. The summed E-state index contributed by atoms with van der Waals surface area (Å²) in [6.07, 6.45) is 0. The van der Waals surface area contributed by atoms with E-state index in [1.54, 1.807) is 0 Å². The first-order valence-corrected chi connectivity index (χ1v) is 3.73. The Morgan fingerprint density at radius 2 is 2.50 bits per heavy atom. The monoisotopic (exact) mass is 148 g/mol. The van der Waals surface area contributed by atoms with Crippen molar-refractivity contribution in [3.05, 3.63) is 0 Å². The highest BCUT2D eigenvalue weighted by Crippen LogP contribution is 2.26. The Bertz CT molecular complexity index is 144. The lowest BCUT2D eigenvalue weighted by Crippen LogP contribution is -1.85. The van der Waals surface area contributed by atoms with Crippen LogP contribution < -0.4 is 0 Å². The molecule has 0 atom stereocenters. The number of nitrogens with zero attached hydrogens (tertiary/aromatic N) is 1. The average molecular weight is 148 g/mol. The maximum Gasteiger partial charge on any atom is 0.129 e. The molecular weight excluding hydrogens is 144 g/mol. The van der Waals surface area contributed by atoms with Crippen molar-refractivity contribution in [1.29, 1.82) is 5.41 Å². The third-order valence-electron chi connectivity index (χ3n) is 0.649. The quantitative estimate of drug-likeness (QED) is 0.400. The summed E-state index contributed by atoms with van der Waals surface area (Å²) in [4.78, 5) is 0. The third-order valence-corrected chi connectivity index (χ3v) is 2.76. The zero-order chi connectivity index (χ0) is 5.98. The Balaban J connectivity index is 2.56. The minimum absolute atomic E-state index is 0.512. The van der Waals surface area contributed by atoms with Gasteiger partial charge in [0.2, 0.25) is 0 Å². The summed E-state index contributed by atoms with van der Waals surface area (Å²) in [5, 5.41) is 18.7. The normalized spacial score (nSPS) is 25.0. The first-order valence-electron chi connectivity index (χ1n) is 1.93. The standard InChI is InChI=1S/C3H4N2OS2/c4-3-7-1-2(5-6)8-3/h4,6H,1H2. The predicted octanol–water partition coefficient (Wildman–Crippen LogP) is 1.19. The number of oxime groups is 1. The first-order chi connectivity index (χ1) is 3.83. The van der Waals surface area contributed by atoms with Gasteiger partial charge in [0, 0.05) is 0 Å². The molecule has 5 heteroatoms. The molecular formula is C3H4N2OS2. The van der Waals surface area contributed by atoms with Crippen molar-refractivity contribution in [2.75, 3.05) is 5.75 Å². The predicted molar refractivity (Wildman–Crippen MR) is 37.0 cm³/mol. The lowest BCUT2D eigenvalue weighted by atomic mass is 10.9. The molecule has 0 saturated carbocycles. The van der Waals surface area contributed by atoms with Gasteiger partial charge >= 0.3 is 0 Å². The van der Waals surface area contributed by atoms with Crippen LogP contribution in [0.15, 0.2) is 5.16 Å². The second-order valence-corrected chi connectivity index (χ2v) is 3.50. The topological polar surface area (TPSA) is 56.4 Å². The van der Waals surface area contributed by atoms with E-state index in [0.717, 1.165) is 0 Å². The molecule has 0 radical (unpaired) electrons. The van der Waals surface area contributed by atoms with Crippen LogP contribution >= 0.6 is 23.5 Å². The van der Waals surface area contributed by atoms with E-state index in [1.807, 2.05) is 0 Å². The van der Waals surface area contributed by atoms with Crippen molar-refractivity contribution in [2.45, 2.75) is 0 Å². The maximum atomic E-state index is 8.14. The van der Waals surface area contributed by atoms with E-state index < -0.39 is 0 Å². The van der Waals surface area contributed by atoms with Crippen LogP contribution in [0.5, 0.6) is 0 Å². The molecule has 1 rings (SSSR count). The van der Waals surface area contributed by atoms with Gasteiger partial charge in [0.25, 0.3) is 0 Å². The Morgan fingerprint density at radius 3 is 2.75 bits per heavy atom. The molecule has 1 aliphatic rings. The summed E-state index contributed by atoms with van der Waals surface area (Å²) < 4.78 is 0.512. The molecule has 0 bridgehead atoms. The largest absolute Gasteiger partial charge is 0.410 e. The number of hydrogen-bond acceptors (Lipinski definition) is 5. The molecule has 44 valence electrons. The molecule has 2 N–H and O–H groups in total. The summed E-state index contributed by atoms with van der Waals surface area (Å²) >= 11 is 2.60. The van der Waals surface area contributed by atoms with Gasteiger partial charge in [-0.25, -0.2) is 0 Å². The molecule has 0 spiro atoms. The summed E-state index contributed by atoms with van der Waals surface area (Å²) in [6, 6.07) is 0. The zero-order valence-corrected chi connectivity index (χ0v) is 5.55. The number of thioether (sulfide) groups is 2.